The van der Waals surface area contributed by atoms with Gasteiger partial charge in [0.15, 0.2) is 0 Å². The largest absolute Gasteiger partial charge is 0.467 e. The highest BCUT2D eigenvalue weighted by Crippen LogP contribution is 2.09. The van der Waals surface area contributed by atoms with E-state index in [1.54, 1.807) is 26.8 Å². The van der Waals surface area contributed by atoms with Crippen LogP contribution in [0.1, 0.15) is 26.3 Å². The minimum Gasteiger partial charge on any atom is -0.467 e. The number of benzene rings is 1. The molecule has 148 valence electrons. The van der Waals surface area contributed by atoms with Crippen molar-refractivity contribution in [2.45, 2.75) is 39.5 Å². The molecule has 0 aromatic heterocycles. The van der Waals surface area contributed by atoms with Crippen LogP contribution in [0, 0.1) is 11.8 Å². The number of hydrogen-bond acceptors (Lipinski definition) is 5. The molecule has 0 bridgehead atoms. The Bertz CT molecular complexity index is 645. The highest BCUT2D eigenvalue weighted by Gasteiger charge is 2.31. The molecule has 3 atom stereocenters. The van der Waals surface area contributed by atoms with E-state index >= 15 is 0 Å². The third-order valence-electron chi connectivity index (χ3n) is 4.09. The summed E-state index contributed by atoms with van der Waals surface area (Å²) in [4.78, 5) is 36.6. The molecule has 0 aliphatic heterocycles. The number of amides is 2. The van der Waals surface area contributed by atoms with E-state index in [2.05, 4.69) is 17.2 Å². The van der Waals surface area contributed by atoms with Crippen molar-refractivity contribution in [3.05, 3.63) is 48.6 Å². The van der Waals surface area contributed by atoms with Crippen LogP contribution >= 0.6 is 0 Å². The molecule has 0 radical (unpaired) electrons. The van der Waals surface area contributed by atoms with E-state index in [1.807, 2.05) is 30.3 Å². The van der Waals surface area contributed by atoms with E-state index < -0.39 is 30.1 Å². The van der Waals surface area contributed by atoms with Crippen molar-refractivity contribution >= 4 is 18.0 Å². The summed E-state index contributed by atoms with van der Waals surface area (Å²) in [5.41, 5.74) is 0.837. The standard InChI is InChI=1S/C20H28N2O5/c1-6-14(4)17(19(24)26-5)21-18(23)16(13(2)3)22-20(25)27-12-15-10-8-7-9-11-15/h6-11,13-14,16-17H,1,12H2,2-5H3,(H,21,23)(H,22,25)/t14-,16-,17+/m0/s1. The molecule has 2 N–H and O–H groups in total. The van der Waals surface area contributed by atoms with Crippen LogP contribution in [0.25, 0.3) is 0 Å². The number of carbonyl (C=O) groups excluding carboxylic acids is 3. The van der Waals surface area contributed by atoms with Gasteiger partial charge in [0.1, 0.15) is 18.7 Å². The number of nitrogens with one attached hydrogen (secondary N) is 2. The van der Waals surface area contributed by atoms with Gasteiger partial charge in [-0.3, -0.25) is 4.79 Å². The second kappa shape index (κ2) is 11.0. The normalized spacial score (nSPS) is 13.8. The van der Waals surface area contributed by atoms with Crippen molar-refractivity contribution in [3.63, 3.8) is 0 Å². The zero-order chi connectivity index (χ0) is 20.4. The lowest BCUT2D eigenvalue weighted by Crippen LogP contribution is -2.55. The summed E-state index contributed by atoms with van der Waals surface area (Å²) >= 11 is 0. The highest BCUT2D eigenvalue weighted by atomic mass is 16.5. The molecule has 0 spiro atoms. The van der Waals surface area contributed by atoms with Crippen LogP contribution in [-0.2, 0) is 25.7 Å². The predicted octanol–water partition coefficient (Wildman–Crippen LogP) is 2.42. The first-order chi connectivity index (χ1) is 12.8. The fraction of sp³-hybridized carbons (Fsp3) is 0.450. The molecule has 1 aromatic rings. The zero-order valence-corrected chi connectivity index (χ0v) is 16.2. The first kappa shape index (κ1) is 22.2. The third kappa shape index (κ3) is 7.13. The van der Waals surface area contributed by atoms with Crippen LogP contribution in [0.5, 0.6) is 0 Å². The lowest BCUT2D eigenvalue weighted by atomic mass is 9.99. The topological polar surface area (TPSA) is 93.7 Å². The van der Waals surface area contributed by atoms with Gasteiger partial charge in [-0.1, -0.05) is 57.2 Å². The van der Waals surface area contributed by atoms with Crippen LogP contribution in [0.3, 0.4) is 0 Å². The second-order valence-corrected chi connectivity index (χ2v) is 6.53. The Kier molecular flexibility index (Phi) is 9.05. The van der Waals surface area contributed by atoms with Gasteiger partial charge in [-0.25, -0.2) is 9.59 Å². The molecule has 1 aromatic carbocycles. The lowest BCUT2D eigenvalue weighted by molar-refractivity contribution is -0.146. The Morgan fingerprint density at radius 1 is 1.07 bits per heavy atom. The molecule has 0 unspecified atom stereocenters. The van der Waals surface area contributed by atoms with Gasteiger partial charge >= 0.3 is 12.1 Å². The minimum absolute atomic E-state index is 0.0946. The molecule has 0 saturated heterocycles. The van der Waals surface area contributed by atoms with E-state index in [4.69, 9.17) is 9.47 Å². The number of rotatable bonds is 9. The summed E-state index contributed by atoms with van der Waals surface area (Å²) in [6.45, 7) is 9.04. The monoisotopic (exact) mass is 376 g/mol. The van der Waals surface area contributed by atoms with E-state index in [1.165, 1.54) is 7.11 Å². The molecular formula is C20H28N2O5. The molecule has 1 rings (SSSR count). The van der Waals surface area contributed by atoms with Crippen molar-refractivity contribution in [1.82, 2.24) is 10.6 Å². The van der Waals surface area contributed by atoms with Crippen molar-refractivity contribution < 1.29 is 23.9 Å². The Hall–Kier alpha value is -2.83. The summed E-state index contributed by atoms with van der Waals surface area (Å²) in [7, 11) is 1.25. The van der Waals surface area contributed by atoms with Gasteiger partial charge in [0.2, 0.25) is 5.91 Å². The smallest absolute Gasteiger partial charge is 0.408 e. The number of carbonyl (C=O) groups is 3. The number of methoxy groups -OCH3 is 1. The Morgan fingerprint density at radius 3 is 2.22 bits per heavy atom. The van der Waals surface area contributed by atoms with Crippen molar-refractivity contribution in [3.8, 4) is 0 Å². The van der Waals surface area contributed by atoms with Crippen LogP contribution in [0.4, 0.5) is 4.79 Å². The summed E-state index contributed by atoms with van der Waals surface area (Å²) in [6.07, 6.45) is 0.840. The van der Waals surface area contributed by atoms with Gasteiger partial charge in [0.05, 0.1) is 7.11 Å². The third-order valence-corrected chi connectivity index (χ3v) is 4.09. The Labute approximate surface area is 160 Å². The molecule has 0 aliphatic rings. The van der Waals surface area contributed by atoms with E-state index in [0.29, 0.717) is 0 Å². The molecule has 7 nitrogen and oxygen atoms in total. The van der Waals surface area contributed by atoms with Gasteiger partial charge in [0, 0.05) is 5.92 Å². The van der Waals surface area contributed by atoms with Crippen LogP contribution in [-0.4, -0.2) is 37.2 Å². The lowest BCUT2D eigenvalue weighted by Gasteiger charge is -2.26. The maximum atomic E-state index is 12.6. The van der Waals surface area contributed by atoms with Crippen molar-refractivity contribution in [2.24, 2.45) is 11.8 Å². The minimum atomic E-state index is -0.886. The zero-order valence-electron chi connectivity index (χ0n) is 16.2. The van der Waals surface area contributed by atoms with Crippen molar-refractivity contribution in [1.29, 1.82) is 0 Å². The van der Waals surface area contributed by atoms with Crippen LogP contribution in [0.15, 0.2) is 43.0 Å². The second-order valence-electron chi connectivity index (χ2n) is 6.53. The quantitative estimate of drug-likeness (QED) is 0.510. The maximum absolute atomic E-state index is 12.6. The number of alkyl carbamates (subject to hydrolysis) is 1. The van der Waals surface area contributed by atoms with Crippen LogP contribution in [0.2, 0.25) is 0 Å². The van der Waals surface area contributed by atoms with Crippen LogP contribution < -0.4 is 10.6 Å². The highest BCUT2D eigenvalue weighted by molar-refractivity contribution is 5.90. The van der Waals surface area contributed by atoms with E-state index in [9.17, 15) is 14.4 Å². The summed E-state index contributed by atoms with van der Waals surface area (Å²) in [5, 5.41) is 5.18. The van der Waals surface area contributed by atoms with Gasteiger partial charge < -0.3 is 20.1 Å². The number of esters is 1. The molecule has 2 amide bonds. The molecule has 0 heterocycles. The van der Waals surface area contributed by atoms with E-state index in [-0.39, 0.29) is 18.4 Å². The average molecular weight is 376 g/mol. The maximum Gasteiger partial charge on any atom is 0.408 e. The molecule has 27 heavy (non-hydrogen) atoms. The van der Waals surface area contributed by atoms with Crippen molar-refractivity contribution in [2.75, 3.05) is 7.11 Å². The molecule has 7 heteroatoms. The summed E-state index contributed by atoms with van der Waals surface area (Å²) in [6, 6.07) is 7.46. The summed E-state index contributed by atoms with van der Waals surface area (Å²) < 4.78 is 9.89. The Balaban J connectivity index is 2.72. The fourth-order valence-electron chi connectivity index (χ4n) is 2.34. The van der Waals surface area contributed by atoms with Gasteiger partial charge in [0.25, 0.3) is 0 Å². The SMILES string of the molecule is C=C[C@H](C)[C@@H](NC(=O)[C@@H](NC(=O)OCc1ccccc1)C(C)C)C(=O)OC. The van der Waals surface area contributed by atoms with E-state index in [0.717, 1.165) is 5.56 Å². The molecular weight excluding hydrogens is 348 g/mol. The molecule has 0 saturated carbocycles. The first-order valence-corrected chi connectivity index (χ1v) is 8.78. The first-order valence-electron chi connectivity index (χ1n) is 8.78. The van der Waals surface area contributed by atoms with Gasteiger partial charge in [-0.2, -0.15) is 0 Å². The summed E-state index contributed by atoms with van der Waals surface area (Å²) in [5.74, 6) is -1.62. The molecule has 0 aliphatic carbocycles. The number of ether oxygens (including phenoxy) is 2. The average Bonchev–Trinajstić information content (AvgIpc) is 2.67. The van der Waals surface area contributed by atoms with Gasteiger partial charge in [-0.05, 0) is 11.5 Å². The predicted molar refractivity (Wildman–Crippen MR) is 102 cm³/mol. The van der Waals surface area contributed by atoms with Gasteiger partial charge in [-0.15, -0.1) is 6.58 Å². The Morgan fingerprint density at radius 2 is 1.70 bits per heavy atom. The fourth-order valence-corrected chi connectivity index (χ4v) is 2.34. The molecule has 0 fully saturated rings. The number of hydrogen-bond donors (Lipinski definition) is 2.